The van der Waals surface area contributed by atoms with Gasteiger partial charge in [-0.2, -0.15) is 0 Å². The number of nitrogens with zero attached hydrogens (tertiary/aromatic N) is 3. The number of ketones is 1. The van der Waals surface area contributed by atoms with Crippen molar-refractivity contribution in [2.45, 2.75) is 32.1 Å². The quantitative estimate of drug-likeness (QED) is 0.635. The number of rotatable bonds is 3. The third-order valence-electron chi connectivity index (χ3n) is 4.08. The topological polar surface area (TPSA) is 96.5 Å². The van der Waals surface area contributed by atoms with Crippen LogP contribution in [0.4, 0.5) is 5.69 Å². The first-order valence-electron chi connectivity index (χ1n) is 7.31. The molecule has 0 fully saturated rings. The van der Waals surface area contributed by atoms with Crippen LogP contribution in [0, 0.1) is 10.1 Å². The maximum atomic E-state index is 11.9. The molecule has 1 atom stereocenters. The lowest BCUT2D eigenvalue weighted by atomic mass is 9.89. The van der Waals surface area contributed by atoms with Gasteiger partial charge in [-0.1, -0.05) is 0 Å². The number of imidazole rings is 1. The Morgan fingerprint density at radius 1 is 1.39 bits per heavy atom. The van der Waals surface area contributed by atoms with E-state index in [9.17, 15) is 14.9 Å². The standard InChI is InChI=1S/C15H13N3O5/c19-11-3-1-2-10-9(11)4-5-12(14(10)18(20)21)22-13-8-17-7-6-16-15(17)23-13/h4-7,13H,1-3,8H2. The lowest BCUT2D eigenvalue weighted by molar-refractivity contribution is -0.387. The van der Waals surface area contributed by atoms with Gasteiger partial charge in [0.2, 0.25) is 5.75 Å². The SMILES string of the molecule is O=C1CCCc2c1ccc(OC1Cn3ccnc3O1)c2[N+](=O)[O-]. The summed E-state index contributed by atoms with van der Waals surface area (Å²) >= 11 is 0. The van der Waals surface area contributed by atoms with Gasteiger partial charge in [0.1, 0.15) is 6.54 Å². The number of hydrogen-bond donors (Lipinski definition) is 0. The Hall–Kier alpha value is -2.90. The number of hydrogen-bond acceptors (Lipinski definition) is 6. The molecule has 2 aromatic rings. The first-order chi connectivity index (χ1) is 11.1. The van der Waals surface area contributed by atoms with E-state index in [2.05, 4.69) is 4.98 Å². The number of carbonyl (C=O) groups excluding carboxylic acids is 1. The van der Waals surface area contributed by atoms with E-state index in [0.717, 1.165) is 0 Å². The van der Waals surface area contributed by atoms with Gasteiger partial charge in [-0.15, -0.1) is 0 Å². The summed E-state index contributed by atoms with van der Waals surface area (Å²) in [7, 11) is 0. The Morgan fingerprint density at radius 3 is 3.04 bits per heavy atom. The van der Waals surface area contributed by atoms with Gasteiger partial charge < -0.3 is 9.47 Å². The molecule has 8 nitrogen and oxygen atoms in total. The predicted octanol–water partition coefficient (Wildman–Crippen LogP) is 2.11. The molecule has 4 rings (SSSR count). The molecule has 0 saturated carbocycles. The number of benzene rings is 1. The van der Waals surface area contributed by atoms with Crippen LogP contribution in [0.5, 0.6) is 11.8 Å². The van der Waals surface area contributed by atoms with Crippen molar-refractivity contribution in [1.29, 1.82) is 0 Å². The zero-order chi connectivity index (χ0) is 16.0. The Balaban J connectivity index is 1.67. The molecule has 0 N–H and O–H groups in total. The number of nitro benzene ring substituents is 1. The lowest BCUT2D eigenvalue weighted by Gasteiger charge is -2.18. The van der Waals surface area contributed by atoms with Crippen molar-refractivity contribution in [3.05, 3.63) is 45.8 Å². The molecule has 2 aliphatic rings. The van der Waals surface area contributed by atoms with Crippen LogP contribution in [0.1, 0.15) is 28.8 Å². The van der Waals surface area contributed by atoms with E-state index in [1.165, 1.54) is 6.07 Å². The number of ether oxygens (including phenoxy) is 2. The number of nitro groups is 1. The molecule has 1 unspecified atom stereocenters. The van der Waals surface area contributed by atoms with Gasteiger partial charge in [0.25, 0.3) is 12.3 Å². The van der Waals surface area contributed by atoms with E-state index in [4.69, 9.17) is 9.47 Å². The van der Waals surface area contributed by atoms with Gasteiger partial charge in [0.15, 0.2) is 5.78 Å². The highest BCUT2D eigenvalue weighted by molar-refractivity contribution is 5.99. The minimum absolute atomic E-state index is 0.0573. The van der Waals surface area contributed by atoms with Gasteiger partial charge in [-0.05, 0) is 25.0 Å². The number of carbonyl (C=O) groups is 1. The largest absolute Gasteiger partial charge is 0.446 e. The molecule has 0 saturated heterocycles. The molecule has 1 aliphatic heterocycles. The molecule has 0 amide bonds. The third-order valence-corrected chi connectivity index (χ3v) is 4.08. The molecule has 1 aromatic heterocycles. The fourth-order valence-corrected chi connectivity index (χ4v) is 3.06. The zero-order valence-electron chi connectivity index (χ0n) is 12.1. The summed E-state index contributed by atoms with van der Waals surface area (Å²) in [5.74, 6) is 0.0670. The van der Waals surface area contributed by atoms with Gasteiger partial charge in [-0.3, -0.25) is 19.5 Å². The van der Waals surface area contributed by atoms with Crippen molar-refractivity contribution >= 4 is 11.5 Å². The summed E-state index contributed by atoms with van der Waals surface area (Å²) in [5, 5.41) is 11.5. The summed E-state index contributed by atoms with van der Waals surface area (Å²) in [5.41, 5.74) is 0.749. The lowest BCUT2D eigenvalue weighted by Crippen LogP contribution is -2.23. The van der Waals surface area contributed by atoms with Crippen LogP contribution in [0.25, 0.3) is 0 Å². The zero-order valence-corrected chi connectivity index (χ0v) is 12.1. The van der Waals surface area contributed by atoms with E-state index in [1.54, 1.807) is 23.0 Å². The highest BCUT2D eigenvalue weighted by Crippen LogP contribution is 2.38. The fraction of sp³-hybridized carbons (Fsp3) is 0.333. The van der Waals surface area contributed by atoms with Crippen LogP contribution in [-0.2, 0) is 13.0 Å². The van der Waals surface area contributed by atoms with Crippen molar-refractivity contribution in [3.63, 3.8) is 0 Å². The van der Waals surface area contributed by atoms with Crippen LogP contribution in [0.2, 0.25) is 0 Å². The van der Waals surface area contributed by atoms with Crippen LogP contribution >= 0.6 is 0 Å². The molecule has 118 valence electrons. The van der Waals surface area contributed by atoms with E-state index in [0.29, 0.717) is 42.9 Å². The second kappa shape index (κ2) is 5.08. The molecular formula is C15H13N3O5. The first-order valence-corrected chi connectivity index (χ1v) is 7.31. The number of fused-ring (bicyclic) bond motifs is 2. The predicted molar refractivity (Wildman–Crippen MR) is 77.6 cm³/mol. The van der Waals surface area contributed by atoms with Gasteiger partial charge in [0.05, 0.1) is 4.92 Å². The highest BCUT2D eigenvalue weighted by atomic mass is 16.7. The van der Waals surface area contributed by atoms with Crippen LogP contribution in [-0.4, -0.2) is 26.5 Å². The smallest absolute Gasteiger partial charge is 0.314 e. The second-order valence-electron chi connectivity index (χ2n) is 5.50. The Labute approximate surface area is 130 Å². The van der Waals surface area contributed by atoms with Gasteiger partial charge in [0, 0.05) is 29.9 Å². The third kappa shape index (κ3) is 2.23. The van der Waals surface area contributed by atoms with E-state index < -0.39 is 11.2 Å². The molecule has 0 bridgehead atoms. The Bertz CT molecular complexity index is 793. The molecule has 0 radical (unpaired) electrons. The summed E-state index contributed by atoms with van der Waals surface area (Å²) in [4.78, 5) is 27.0. The average Bonchev–Trinajstić information content (AvgIpc) is 3.08. The van der Waals surface area contributed by atoms with Crippen molar-refractivity contribution in [2.75, 3.05) is 0 Å². The summed E-state index contributed by atoms with van der Waals surface area (Å²) in [6.45, 7) is 0.405. The molecule has 1 aliphatic carbocycles. The summed E-state index contributed by atoms with van der Waals surface area (Å²) < 4.78 is 12.9. The number of aromatic nitrogens is 2. The fourth-order valence-electron chi connectivity index (χ4n) is 3.06. The second-order valence-corrected chi connectivity index (χ2v) is 5.50. The molecule has 8 heteroatoms. The van der Waals surface area contributed by atoms with E-state index in [1.807, 2.05) is 0 Å². The van der Waals surface area contributed by atoms with Crippen molar-refractivity contribution < 1.29 is 19.2 Å². The molecule has 1 aromatic carbocycles. The normalized spacial score (nSPS) is 19.0. The van der Waals surface area contributed by atoms with Crippen molar-refractivity contribution in [3.8, 4) is 11.8 Å². The minimum atomic E-state index is -0.672. The molecule has 0 spiro atoms. The maximum absolute atomic E-state index is 11.9. The maximum Gasteiger partial charge on any atom is 0.314 e. The van der Waals surface area contributed by atoms with Crippen LogP contribution in [0.3, 0.4) is 0 Å². The van der Waals surface area contributed by atoms with Gasteiger partial charge >= 0.3 is 5.69 Å². The minimum Gasteiger partial charge on any atom is -0.446 e. The van der Waals surface area contributed by atoms with E-state index >= 15 is 0 Å². The molecular weight excluding hydrogens is 302 g/mol. The summed E-state index contributed by atoms with van der Waals surface area (Å²) in [6.07, 6.45) is 4.23. The summed E-state index contributed by atoms with van der Waals surface area (Å²) in [6, 6.07) is 3.50. The van der Waals surface area contributed by atoms with E-state index in [-0.39, 0.29) is 17.2 Å². The first kappa shape index (κ1) is 13.7. The van der Waals surface area contributed by atoms with Crippen molar-refractivity contribution in [2.24, 2.45) is 0 Å². The Morgan fingerprint density at radius 2 is 2.26 bits per heavy atom. The van der Waals surface area contributed by atoms with Gasteiger partial charge in [-0.25, -0.2) is 4.98 Å². The average molecular weight is 315 g/mol. The van der Waals surface area contributed by atoms with Crippen LogP contribution in [0.15, 0.2) is 24.5 Å². The molecule has 2 heterocycles. The number of Topliss-reactive ketones (excluding diaryl/α,β-unsaturated/α-hetero) is 1. The molecule has 23 heavy (non-hydrogen) atoms. The monoisotopic (exact) mass is 315 g/mol. The highest BCUT2D eigenvalue weighted by Gasteiger charge is 2.32. The van der Waals surface area contributed by atoms with Crippen molar-refractivity contribution in [1.82, 2.24) is 9.55 Å². The van der Waals surface area contributed by atoms with Crippen LogP contribution < -0.4 is 9.47 Å². The Kier molecular flexibility index (Phi) is 3.03.